The summed E-state index contributed by atoms with van der Waals surface area (Å²) >= 11 is 1.44. The van der Waals surface area contributed by atoms with E-state index in [-0.39, 0.29) is 5.56 Å². The Morgan fingerprint density at radius 3 is 3.21 bits per heavy atom. The molecule has 0 spiro atoms. The maximum absolute atomic E-state index is 11.6. The minimum atomic E-state index is -0.121. The standard InChI is InChI=1S/C13H18N4OS/c1-2-9-4-3-5-10(8-9)15-12-16-17-11(18)6-7-14-13(17)19-12/h6-7,9-10H,2-5,8H2,1H3,(H,15,16). The first-order valence-electron chi connectivity index (χ1n) is 6.87. The monoisotopic (exact) mass is 278 g/mol. The van der Waals surface area contributed by atoms with Gasteiger partial charge in [-0.05, 0) is 18.8 Å². The van der Waals surface area contributed by atoms with Crippen LogP contribution in [-0.2, 0) is 0 Å². The molecule has 2 heterocycles. The first-order chi connectivity index (χ1) is 9.26. The SMILES string of the molecule is CCC1CCCC(Nc2nn3c(=O)ccnc3s2)C1. The number of aromatic nitrogens is 3. The van der Waals surface area contributed by atoms with E-state index in [0.29, 0.717) is 11.0 Å². The summed E-state index contributed by atoms with van der Waals surface area (Å²) in [6.07, 6.45) is 7.80. The number of hydrogen-bond acceptors (Lipinski definition) is 5. The molecule has 2 unspecified atom stereocenters. The molecule has 1 aliphatic rings. The highest BCUT2D eigenvalue weighted by molar-refractivity contribution is 7.20. The average molecular weight is 278 g/mol. The van der Waals surface area contributed by atoms with Crippen molar-refractivity contribution in [3.8, 4) is 0 Å². The first-order valence-corrected chi connectivity index (χ1v) is 7.69. The fraction of sp³-hybridized carbons (Fsp3) is 0.615. The quantitative estimate of drug-likeness (QED) is 0.937. The lowest BCUT2D eigenvalue weighted by Gasteiger charge is -2.28. The molecule has 6 heteroatoms. The van der Waals surface area contributed by atoms with Gasteiger partial charge in [0.2, 0.25) is 10.1 Å². The molecule has 0 saturated heterocycles. The summed E-state index contributed by atoms with van der Waals surface area (Å²) in [5, 5.41) is 8.58. The Morgan fingerprint density at radius 2 is 2.42 bits per heavy atom. The van der Waals surface area contributed by atoms with E-state index < -0.39 is 0 Å². The Labute approximate surface area is 115 Å². The number of hydrogen-bond donors (Lipinski definition) is 1. The molecular weight excluding hydrogens is 260 g/mol. The lowest BCUT2D eigenvalue weighted by atomic mass is 9.84. The van der Waals surface area contributed by atoms with E-state index in [0.717, 1.165) is 11.0 Å². The van der Waals surface area contributed by atoms with E-state index in [1.54, 1.807) is 0 Å². The minimum Gasteiger partial charge on any atom is -0.357 e. The highest BCUT2D eigenvalue weighted by Crippen LogP contribution is 2.29. The second-order valence-corrected chi connectivity index (χ2v) is 6.12. The molecule has 0 amide bonds. The first kappa shape index (κ1) is 12.6. The maximum atomic E-state index is 11.6. The van der Waals surface area contributed by atoms with Crippen molar-refractivity contribution in [3.63, 3.8) is 0 Å². The topological polar surface area (TPSA) is 59.3 Å². The van der Waals surface area contributed by atoms with Gasteiger partial charge in [0.15, 0.2) is 0 Å². The van der Waals surface area contributed by atoms with Crippen LogP contribution in [0.5, 0.6) is 0 Å². The highest BCUT2D eigenvalue weighted by Gasteiger charge is 2.21. The molecule has 0 radical (unpaired) electrons. The van der Waals surface area contributed by atoms with Crippen molar-refractivity contribution >= 4 is 21.4 Å². The van der Waals surface area contributed by atoms with Crippen molar-refractivity contribution < 1.29 is 0 Å². The smallest absolute Gasteiger partial charge is 0.275 e. The van der Waals surface area contributed by atoms with Crippen molar-refractivity contribution in [2.75, 3.05) is 5.32 Å². The van der Waals surface area contributed by atoms with Crippen LogP contribution < -0.4 is 10.9 Å². The fourth-order valence-corrected chi connectivity index (χ4v) is 3.62. The van der Waals surface area contributed by atoms with Gasteiger partial charge in [0.05, 0.1) is 0 Å². The summed E-state index contributed by atoms with van der Waals surface area (Å²) in [5.74, 6) is 0.821. The summed E-state index contributed by atoms with van der Waals surface area (Å²) < 4.78 is 1.37. The molecule has 1 N–H and O–H groups in total. The third-order valence-electron chi connectivity index (χ3n) is 3.86. The number of rotatable bonds is 3. The van der Waals surface area contributed by atoms with Gasteiger partial charge in [-0.15, -0.1) is 5.10 Å². The van der Waals surface area contributed by atoms with Crippen LogP contribution in [0, 0.1) is 5.92 Å². The normalized spacial score (nSPS) is 23.6. The molecule has 2 aromatic rings. The van der Waals surface area contributed by atoms with Crippen molar-refractivity contribution in [3.05, 3.63) is 22.6 Å². The Morgan fingerprint density at radius 1 is 1.53 bits per heavy atom. The zero-order valence-electron chi connectivity index (χ0n) is 11.0. The van der Waals surface area contributed by atoms with Gasteiger partial charge in [-0.25, -0.2) is 4.98 Å². The van der Waals surface area contributed by atoms with Crippen LogP contribution in [0.3, 0.4) is 0 Å². The van der Waals surface area contributed by atoms with Crippen LogP contribution in [0.25, 0.3) is 4.96 Å². The molecule has 0 aromatic carbocycles. The summed E-state index contributed by atoms with van der Waals surface area (Å²) in [6.45, 7) is 2.26. The molecule has 2 atom stereocenters. The summed E-state index contributed by atoms with van der Waals surface area (Å²) in [5.41, 5.74) is -0.121. The Hall–Kier alpha value is -1.43. The highest BCUT2D eigenvalue weighted by atomic mass is 32.1. The van der Waals surface area contributed by atoms with E-state index in [1.165, 1.54) is 60.2 Å². The van der Waals surface area contributed by atoms with Crippen LogP contribution in [0.15, 0.2) is 17.1 Å². The molecule has 3 rings (SSSR count). The third-order valence-corrected chi connectivity index (χ3v) is 4.71. The molecule has 5 nitrogen and oxygen atoms in total. The summed E-state index contributed by atoms with van der Waals surface area (Å²) in [4.78, 5) is 16.4. The van der Waals surface area contributed by atoms with Crippen LogP contribution in [-0.4, -0.2) is 20.6 Å². The summed E-state index contributed by atoms with van der Waals surface area (Å²) in [7, 11) is 0. The van der Waals surface area contributed by atoms with Gasteiger partial charge in [-0.1, -0.05) is 37.5 Å². The molecule has 0 aliphatic heterocycles. The molecule has 2 aromatic heterocycles. The lowest BCUT2D eigenvalue weighted by molar-refractivity contribution is 0.327. The van der Waals surface area contributed by atoms with E-state index in [4.69, 9.17) is 0 Å². The molecule has 1 fully saturated rings. The molecular formula is C13H18N4OS. The number of nitrogens with one attached hydrogen (secondary N) is 1. The van der Waals surface area contributed by atoms with Gasteiger partial charge in [0, 0.05) is 18.3 Å². The maximum Gasteiger partial charge on any atom is 0.275 e. The predicted octanol–water partition coefficient (Wildman–Crippen LogP) is 2.53. The van der Waals surface area contributed by atoms with Crippen LogP contribution in [0.1, 0.15) is 39.0 Å². The van der Waals surface area contributed by atoms with Crippen molar-refractivity contribution in [1.82, 2.24) is 14.6 Å². The molecule has 0 bridgehead atoms. The van der Waals surface area contributed by atoms with Gasteiger partial charge in [-0.3, -0.25) is 4.79 Å². The molecule has 1 saturated carbocycles. The zero-order chi connectivity index (χ0) is 13.2. The third kappa shape index (κ3) is 2.63. The Kier molecular flexibility index (Phi) is 3.50. The van der Waals surface area contributed by atoms with E-state index in [9.17, 15) is 4.79 Å². The zero-order valence-corrected chi connectivity index (χ0v) is 11.8. The summed E-state index contributed by atoms with van der Waals surface area (Å²) in [6, 6.07) is 1.92. The van der Waals surface area contributed by atoms with Crippen molar-refractivity contribution in [2.24, 2.45) is 5.92 Å². The van der Waals surface area contributed by atoms with Gasteiger partial charge < -0.3 is 5.32 Å². The minimum absolute atomic E-state index is 0.121. The van der Waals surface area contributed by atoms with E-state index in [1.807, 2.05) is 0 Å². The number of nitrogens with zero attached hydrogens (tertiary/aromatic N) is 3. The fourth-order valence-electron chi connectivity index (χ4n) is 2.77. The van der Waals surface area contributed by atoms with Crippen LogP contribution >= 0.6 is 11.3 Å². The van der Waals surface area contributed by atoms with Crippen molar-refractivity contribution in [2.45, 2.75) is 45.1 Å². The molecule has 102 valence electrons. The van der Waals surface area contributed by atoms with Crippen molar-refractivity contribution in [1.29, 1.82) is 0 Å². The predicted molar refractivity (Wildman–Crippen MR) is 76.8 cm³/mol. The Bertz CT molecular complexity index is 620. The number of anilines is 1. The van der Waals surface area contributed by atoms with Gasteiger partial charge in [0.1, 0.15) is 0 Å². The Balaban J connectivity index is 1.78. The molecule has 19 heavy (non-hydrogen) atoms. The van der Waals surface area contributed by atoms with Gasteiger partial charge in [0.25, 0.3) is 5.56 Å². The van der Waals surface area contributed by atoms with E-state index >= 15 is 0 Å². The number of fused-ring (bicyclic) bond motifs is 1. The van der Waals surface area contributed by atoms with E-state index in [2.05, 4.69) is 22.3 Å². The average Bonchev–Trinajstić information content (AvgIpc) is 2.83. The van der Waals surface area contributed by atoms with Crippen LogP contribution in [0.2, 0.25) is 0 Å². The van der Waals surface area contributed by atoms with Crippen LogP contribution in [0.4, 0.5) is 5.13 Å². The lowest BCUT2D eigenvalue weighted by Crippen LogP contribution is -2.27. The second-order valence-electron chi connectivity index (χ2n) is 5.17. The second kappa shape index (κ2) is 5.28. The largest absolute Gasteiger partial charge is 0.357 e. The molecule has 1 aliphatic carbocycles. The van der Waals surface area contributed by atoms with Gasteiger partial charge >= 0.3 is 0 Å². The van der Waals surface area contributed by atoms with Gasteiger partial charge in [-0.2, -0.15) is 4.52 Å².